The Morgan fingerprint density at radius 3 is 3.06 bits per heavy atom. The van der Waals surface area contributed by atoms with Crippen molar-refractivity contribution in [3.63, 3.8) is 0 Å². The Morgan fingerprint density at radius 1 is 1.44 bits per heavy atom. The van der Waals surface area contributed by atoms with Crippen LogP contribution in [-0.4, -0.2) is 21.2 Å². The predicted octanol–water partition coefficient (Wildman–Crippen LogP) is 1.90. The molecule has 1 aliphatic heterocycles. The van der Waals surface area contributed by atoms with Crippen molar-refractivity contribution >= 4 is 11.7 Å². The number of nitrogens with one attached hydrogen (secondary N) is 2. The van der Waals surface area contributed by atoms with Gasteiger partial charge in [0.05, 0.1) is 0 Å². The number of aromatic nitrogens is 2. The third kappa shape index (κ3) is 1.64. The van der Waals surface area contributed by atoms with E-state index in [1.165, 1.54) is 0 Å². The molecule has 0 aliphatic carbocycles. The van der Waals surface area contributed by atoms with E-state index in [4.69, 9.17) is 0 Å². The topological polar surface area (TPSA) is 78.0 Å². The largest absolute Gasteiger partial charge is 0.508 e. The van der Waals surface area contributed by atoms with Crippen LogP contribution < -0.4 is 5.32 Å². The highest BCUT2D eigenvalue weighted by atomic mass is 16.3. The van der Waals surface area contributed by atoms with Crippen molar-refractivity contribution in [1.82, 2.24) is 10.2 Å². The molecule has 18 heavy (non-hydrogen) atoms. The lowest BCUT2D eigenvalue weighted by molar-refractivity contribution is -0.116. The summed E-state index contributed by atoms with van der Waals surface area (Å²) >= 11 is 0. The lowest BCUT2D eigenvalue weighted by Crippen LogP contribution is -2.23. The maximum absolute atomic E-state index is 11.7. The Balaban J connectivity index is 2.12. The molecule has 0 fully saturated rings. The van der Waals surface area contributed by atoms with Gasteiger partial charge in [0.1, 0.15) is 5.75 Å². The number of rotatable bonds is 1. The Labute approximate surface area is 104 Å². The molecule has 1 amide bonds. The van der Waals surface area contributed by atoms with Gasteiger partial charge in [0.15, 0.2) is 5.82 Å². The number of aromatic amines is 1. The lowest BCUT2D eigenvalue weighted by Gasteiger charge is -2.22. The standard InChI is InChI=1S/C13H13N3O2/c1-7-12-10(8-3-2-4-9(17)5-8)6-11(18)14-13(12)16-15-7/h2-5,10,17H,6H2,1H3,(H2,14,15,16,18). The first-order valence-corrected chi connectivity index (χ1v) is 5.79. The lowest BCUT2D eigenvalue weighted by atomic mass is 9.86. The summed E-state index contributed by atoms with van der Waals surface area (Å²) in [6.45, 7) is 1.93. The van der Waals surface area contributed by atoms with Gasteiger partial charge in [-0.05, 0) is 24.6 Å². The number of anilines is 1. The number of phenolic OH excluding ortho intramolecular Hbond substituents is 1. The smallest absolute Gasteiger partial charge is 0.226 e. The van der Waals surface area contributed by atoms with Crippen LogP contribution in [0.4, 0.5) is 5.82 Å². The fourth-order valence-electron chi connectivity index (χ4n) is 2.46. The van der Waals surface area contributed by atoms with E-state index in [2.05, 4.69) is 15.5 Å². The summed E-state index contributed by atoms with van der Waals surface area (Å²) in [6, 6.07) is 7.01. The number of hydrogen-bond acceptors (Lipinski definition) is 3. The van der Waals surface area contributed by atoms with Crippen molar-refractivity contribution in [3.8, 4) is 5.75 Å². The summed E-state index contributed by atoms with van der Waals surface area (Å²) in [5.41, 5.74) is 2.87. The molecule has 5 nitrogen and oxygen atoms in total. The molecule has 92 valence electrons. The number of benzene rings is 1. The summed E-state index contributed by atoms with van der Waals surface area (Å²) in [6.07, 6.45) is 0.372. The first-order chi connectivity index (χ1) is 8.65. The number of carbonyl (C=O) groups is 1. The Bertz CT molecular complexity index is 618. The van der Waals surface area contributed by atoms with E-state index in [-0.39, 0.29) is 17.6 Å². The zero-order valence-electron chi connectivity index (χ0n) is 9.90. The van der Waals surface area contributed by atoms with Crippen LogP contribution in [0.3, 0.4) is 0 Å². The molecular weight excluding hydrogens is 230 g/mol. The molecule has 1 aliphatic rings. The number of aryl methyl sites for hydroxylation is 1. The highest BCUT2D eigenvalue weighted by molar-refractivity contribution is 5.94. The van der Waals surface area contributed by atoms with Gasteiger partial charge in [0, 0.05) is 23.6 Å². The van der Waals surface area contributed by atoms with Crippen LogP contribution in [0, 0.1) is 6.92 Å². The predicted molar refractivity (Wildman–Crippen MR) is 66.5 cm³/mol. The molecule has 1 atom stereocenters. The summed E-state index contributed by atoms with van der Waals surface area (Å²) in [7, 11) is 0. The maximum Gasteiger partial charge on any atom is 0.226 e. The molecule has 2 heterocycles. The molecule has 0 spiro atoms. The molecule has 1 unspecified atom stereocenters. The van der Waals surface area contributed by atoms with E-state index in [9.17, 15) is 9.90 Å². The summed E-state index contributed by atoms with van der Waals surface area (Å²) in [5.74, 6) is 0.695. The third-order valence-electron chi connectivity index (χ3n) is 3.26. The van der Waals surface area contributed by atoms with E-state index >= 15 is 0 Å². The number of amides is 1. The number of carbonyl (C=O) groups excluding carboxylic acids is 1. The van der Waals surface area contributed by atoms with Crippen LogP contribution >= 0.6 is 0 Å². The second-order valence-corrected chi connectivity index (χ2v) is 4.51. The number of aromatic hydroxyl groups is 1. The average Bonchev–Trinajstić information content (AvgIpc) is 2.70. The summed E-state index contributed by atoms with van der Waals surface area (Å²) in [5, 5.41) is 19.3. The van der Waals surface area contributed by atoms with Gasteiger partial charge in [-0.15, -0.1) is 0 Å². The molecular formula is C13H13N3O2. The average molecular weight is 243 g/mol. The molecule has 0 bridgehead atoms. The van der Waals surface area contributed by atoms with Crippen molar-refractivity contribution in [2.45, 2.75) is 19.3 Å². The molecule has 3 rings (SSSR count). The van der Waals surface area contributed by atoms with Crippen molar-refractivity contribution in [1.29, 1.82) is 0 Å². The maximum atomic E-state index is 11.7. The van der Waals surface area contributed by atoms with Crippen LogP contribution in [0.15, 0.2) is 24.3 Å². The minimum atomic E-state index is -0.0559. The van der Waals surface area contributed by atoms with Gasteiger partial charge in [0.2, 0.25) is 5.91 Å². The number of fused-ring (bicyclic) bond motifs is 1. The number of nitrogens with zero attached hydrogens (tertiary/aromatic N) is 1. The molecule has 5 heteroatoms. The van der Waals surface area contributed by atoms with Crippen LogP contribution in [0.2, 0.25) is 0 Å². The highest BCUT2D eigenvalue weighted by Gasteiger charge is 2.30. The van der Waals surface area contributed by atoms with Crippen molar-refractivity contribution < 1.29 is 9.90 Å². The first kappa shape index (κ1) is 10.8. The fourth-order valence-corrected chi connectivity index (χ4v) is 2.46. The van der Waals surface area contributed by atoms with Crippen LogP contribution in [0.1, 0.15) is 29.2 Å². The molecule has 3 N–H and O–H groups in total. The fraction of sp³-hybridized carbons (Fsp3) is 0.231. The minimum absolute atomic E-state index is 0.0534. The Hall–Kier alpha value is -2.30. The van der Waals surface area contributed by atoms with Crippen LogP contribution in [0.25, 0.3) is 0 Å². The SMILES string of the molecule is Cc1[nH]nc2c1C(c1cccc(O)c1)CC(=O)N2. The van der Waals surface area contributed by atoms with E-state index < -0.39 is 0 Å². The van der Waals surface area contributed by atoms with Crippen molar-refractivity contribution in [2.75, 3.05) is 5.32 Å². The zero-order chi connectivity index (χ0) is 12.7. The Kier molecular flexibility index (Phi) is 2.33. The Morgan fingerprint density at radius 2 is 2.28 bits per heavy atom. The van der Waals surface area contributed by atoms with E-state index in [1.54, 1.807) is 18.2 Å². The van der Waals surface area contributed by atoms with Gasteiger partial charge in [-0.2, -0.15) is 5.10 Å². The molecule has 0 saturated carbocycles. The second-order valence-electron chi connectivity index (χ2n) is 4.51. The number of phenols is 1. The number of hydrogen-bond donors (Lipinski definition) is 3. The van der Waals surface area contributed by atoms with Crippen LogP contribution in [0.5, 0.6) is 5.75 Å². The molecule has 0 saturated heterocycles. The van der Waals surface area contributed by atoms with Gasteiger partial charge >= 0.3 is 0 Å². The van der Waals surface area contributed by atoms with Crippen molar-refractivity contribution in [2.24, 2.45) is 0 Å². The summed E-state index contributed by atoms with van der Waals surface area (Å²) < 4.78 is 0. The quantitative estimate of drug-likeness (QED) is 0.715. The monoisotopic (exact) mass is 243 g/mol. The minimum Gasteiger partial charge on any atom is -0.508 e. The molecule has 1 aromatic heterocycles. The van der Waals surface area contributed by atoms with Gasteiger partial charge < -0.3 is 10.4 Å². The first-order valence-electron chi connectivity index (χ1n) is 5.79. The molecule has 0 radical (unpaired) electrons. The number of H-pyrrole nitrogens is 1. The highest BCUT2D eigenvalue weighted by Crippen LogP contribution is 2.38. The second kappa shape index (κ2) is 3.87. The van der Waals surface area contributed by atoms with Crippen molar-refractivity contribution in [3.05, 3.63) is 41.1 Å². The summed E-state index contributed by atoms with van der Waals surface area (Å²) in [4.78, 5) is 11.7. The van der Waals surface area contributed by atoms with Gasteiger partial charge in [-0.1, -0.05) is 12.1 Å². The van der Waals surface area contributed by atoms with Gasteiger partial charge in [-0.3, -0.25) is 9.89 Å². The van der Waals surface area contributed by atoms with E-state index in [0.29, 0.717) is 12.2 Å². The molecule has 2 aromatic rings. The van der Waals surface area contributed by atoms with Crippen LogP contribution in [-0.2, 0) is 4.79 Å². The van der Waals surface area contributed by atoms with Gasteiger partial charge in [0.25, 0.3) is 0 Å². The van der Waals surface area contributed by atoms with E-state index in [0.717, 1.165) is 16.8 Å². The van der Waals surface area contributed by atoms with E-state index in [1.807, 2.05) is 13.0 Å². The normalized spacial score (nSPS) is 18.3. The zero-order valence-corrected chi connectivity index (χ0v) is 9.90. The third-order valence-corrected chi connectivity index (χ3v) is 3.26. The molecule has 1 aromatic carbocycles. The van der Waals surface area contributed by atoms with Gasteiger partial charge in [-0.25, -0.2) is 0 Å².